The zero-order chi connectivity index (χ0) is 11.4. The van der Waals surface area contributed by atoms with Crippen molar-refractivity contribution in [3.05, 3.63) is 36.0 Å². The molecule has 0 radical (unpaired) electrons. The molecule has 2 N–H and O–H groups in total. The van der Waals surface area contributed by atoms with E-state index in [2.05, 4.69) is 15.8 Å². The SMILES string of the molecule is COc1cccc(N/C=C2/C=NNC2=O)c1. The minimum Gasteiger partial charge on any atom is -0.497 e. The summed E-state index contributed by atoms with van der Waals surface area (Å²) in [4.78, 5) is 11.1. The molecule has 5 heteroatoms. The maximum atomic E-state index is 11.1. The van der Waals surface area contributed by atoms with Gasteiger partial charge in [-0.3, -0.25) is 4.79 Å². The van der Waals surface area contributed by atoms with E-state index < -0.39 is 0 Å². The second kappa shape index (κ2) is 4.48. The number of methoxy groups -OCH3 is 1. The van der Waals surface area contributed by atoms with Crippen LogP contribution in [0.5, 0.6) is 5.75 Å². The van der Waals surface area contributed by atoms with E-state index in [4.69, 9.17) is 4.74 Å². The first-order valence-electron chi connectivity index (χ1n) is 4.74. The molecule has 0 bridgehead atoms. The van der Waals surface area contributed by atoms with Gasteiger partial charge in [-0.05, 0) is 12.1 Å². The normalized spacial score (nSPS) is 16.3. The van der Waals surface area contributed by atoms with Gasteiger partial charge in [-0.15, -0.1) is 0 Å². The number of rotatable bonds is 3. The Labute approximate surface area is 92.8 Å². The van der Waals surface area contributed by atoms with Crippen LogP contribution in [0.2, 0.25) is 0 Å². The number of hydrogen-bond acceptors (Lipinski definition) is 4. The Morgan fingerprint density at radius 1 is 1.50 bits per heavy atom. The van der Waals surface area contributed by atoms with Gasteiger partial charge < -0.3 is 10.1 Å². The summed E-state index contributed by atoms with van der Waals surface area (Å²) >= 11 is 0. The molecule has 0 fully saturated rings. The minimum atomic E-state index is -0.213. The fourth-order valence-corrected chi connectivity index (χ4v) is 1.26. The third kappa shape index (κ3) is 2.20. The van der Waals surface area contributed by atoms with Crippen molar-refractivity contribution in [1.29, 1.82) is 0 Å². The number of hydrazone groups is 1. The summed E-state index contributed by atoms with van der Waals surface area (Å²) in [6, 6.07) is 7.43. The number of hydrogen-bond donors (Lipinski definition) is 2. The zero-order valence-corrected chi connectivity index (χ0v) is 8.73. The maximum Gasteiger partial charge on any atom is 0.274 e. The third-order valence-electron chi connectivity index (χ3n) is 2.10. The average Bonchev–Trinajstić information content (AvgIpc) is 2.72. The Balaban J connectivity index is 2.09. The van der Waals surface area contributed by atoms with Crippen molar-refractivity contribution in [2.45, 2.75) is 0 Å². The molecule has 1 aromatic carbocycles. The van der Waals surface area contributed by atoms with Gasteiger partial charge >= 0.3 is 0 Å². The Morgan fingerprint density at radius 3 is 3.06 bits per heavy atom. The van der Waals surface area contributed by atoms with Gasteiger partial charge in [-0.1, -0.05) is 6.07 Å². The molecule has 0 spiro atoms. The fraction of sp³-hybridized carbons (Fsp3) is 0.0909. The van der Waals surface area contributed by atoms with E-state index in [9.17, 15) is 4.79 Å². The second-order valence-electron chi connectivity index (χ2n) is 3.18. The summed E-state index contributed by atoms with van der Waals surface area (Å²) in [6.45, 7) is 0. The van der Waals surface area contributed by atoms with Crippen LogP contribution in [0.1, 0.15) is 0 Å². The molecule has 1 heterocycles. The van der Waals surface area contributed by atoms with Crippen LogP contribution in [-0.4, -0.2) is 19.2 Å². The molecular weight excluding hydrogens is 206 g/mol. The summed E-state index contributed by atoms with van der Waals surface area (Å²) in [5, 5.41) is 6.63. The Bertz CT molecular complexity index is 466. The van der Waals surface area contributed by atoms with Crippen LogP contribution in [0.4, 0.5) is 5.69 Å². The Kier molecular flexibility index (Phi) is 2.86. The number of carbonyl (C=O) groups excluding carboxylic acids is 1. The predicted octanol–water partition coefficient (Wildman–Crippen LogP) is 1.11. The number of benzene rings is 1. The smallest absolute Gasteiger partial charge is 0.274 e. The second-order valence-corrected chi connectivity index (χ2v) is 3.18. The monoisotopic (exact) mass is 217 g/mol. The van der Waals surface area contributed by atoms with Crippen LogP contribution in [0.3, 0.4) is 0 Å². The van der Waals surface area contributed by atoms with Crippen molar-refractivity contribution in [2.75, 3.05) is 12.4 Å². The van der Waals surface area contributed by atoms with Gasteiger partial charge in [0.2, 0.25) is 0 Å². The molecule has 1 aliphatic rings. The third-order valence-corrected chi connectivity index (χ3v) is 2.10. The lowest BCUT2D eigenvalue weighted by Crippen LogP contribution is -2.12. The largest absolute Gasteiger partial charge is 0.497 e. The molecule has 1 amide bonds. The number of ether oxygens (including phenoxy) is 1. The molecule has 0 unspecified atom stereocenters. The van der Waals surface area contributed by atoms with Crippen molar-refractivity contribution in [3.8, 4) is 5.75 Å². The van der Waals surface area contributed by atoms with Crippen molar-refractivity contribution in [2.24, 2.45) is 5.10 Å². The molecule has 82 valence electrons. The summed E-state index contributed by atoms with van der Waals surface area (Å²) in [5.74, 6) is 0.545. The van der Waals surface area contributed by atoms with E-state index in [-0.39, 0.29) is 5.91 Å². The summed E-state index contributed by atoms with van der Waals surface area (Å²) in [6.07, 6.45) is 3.07. The molecular formula is C11H11N3O2. The first kappa shape index (κ1) is 10.2. The summed E-state index contributed by atoms with van der Waals surface area (Å²) in [7, 11) is 1.61. The highest BCUT2D eigenvalue weighted by molar-refractivity contribution is 6.15. The molecule has 0 saturated heterocycles. The quantitative estimate of drug-likeness (QED) is 0.745. The van der Waals surface area contributed by atoms with Crippen molar-refractivity contribution in [1.82, 2.24) is 5.43 Å². The zero-order valence-electron chi connectivity index (χ0n) is 8.73. The van der Waals surface area contributed by atoms with Gasteiger partial charge in [0.1, 0.15) is 5.75 Å². The standard InChI is InChI=1S/C11H11N3O2/c1-16-10-4-2-3-9(5-10)12-6-8-7-13-14-11(8)15/h2-7,12H,1H3,(H,14,15)/b8-6-. The van der Waals surface area contributed by atoms with Crippen molar-refractivity contribution < 1.29 is 9.53 Å². The lowest BCUT2D eigenvalue weighted by atomic mass is 10.3. The van der Waals surface area contributed by atoms with E-state index in [1.54, 1.807) is 13.3 Å². The van der Waals surface area contributed by atoms with Crippen LogP contribution in [-0.2, 0) is 4.79 Å². The molecule has 0 aliphatic carbocycles. The first-order chi connectivity index (χ1) is 7.79. The number of nitrogens with zero attached hydrogens (tertiary/aromatic N) is 1. The highest BCUT2D eigenvalue weighted by Crippen LogP contribution is 2.16. The van der Waals surface area contributed by atoms with Crippen molar-refractivity contribution >= 4 is 17.8 Å². The van der Waals surface area contributed by atoms with E-state index >= 15 is 0 Å². The van der Waals surface area contributed by atoms with Gasteiger partial charge in [0.05, 0.1) is 18.9 Å². The Morgan fingerprint density at radius 2 is 2.38 bits per heavy atom. The molecule has 1 aliphatic heterocycles. The first-order valence-corrected chi connectivity index (χ1v) is 4.74. The highest BCUT2D eigenvalue weighted by atomic mass is 16.5. The fourth-order valence-electron chi connectivity index (χ4n) is 1.26. The summed E-state index contributed by atoms with van der Waals surface area (Å²) in [5.41, 5.74) is 3.66. The van der Waals surface area contributed by atoms with Crippen LogP contribution >= 0.6 is 0 Å². The van der Waals surface area contributed by atoms with Crippen molar-refractivity contribution in [3.63, 3.8) is 0 Å². The number of anilines is 1. The lowest BCUT2D eigenvalue weighted by molar-refractivity contribution is -0.116. The van der Waals surface area contributed by atoms with Crippen LogP contribution in [0, 0.1) is 0 Å². The number of carbonyl (C=O) groups is 1. The summed E-state index contributed by atoms with van der Waals surface area (Å²) < 4.78 is 5.08. The number of nitrogens with one attached hydrogen (secondary N) is 2. The molecule has 2 rings (SSSR count). The van der Waals surface area contributed by atoms with Gasteiger partial charge in [0.25, 0.3) is 5.91 Å². The topological polar surface area (TPSA) is 62.7 Å². The highest BCUT2D eigenvalue weighted by Gasteiger charge is 2.10. The van der Waals surface area contributed by atoms with E-state index in [0.717, 1.165) is 11.4 Å². The van der Waals surface area contributed by atoms with Gasteiger partial charge in [0.15, 0.2) is 0 Å². The van der Waals surface area contributed by atoms with Gasteiger partial charge in [-0.2, -0.15) is 5.10 Å². The van der Waals surface area contributed by atoms with E-state index in [1.807, 2.05) is 24.3 Å². The molecule has 5 nitrogen and oxygen atoms in total. The van der Waals surface area contributed by atoms with E-state index in [1.165, 1.54) is 6.21 Å². The van der Waals surface area contributed by atoms with Crippen LogP contribution in [0.25, 0.3) is 0 Å². The minimum absolute atomic E-state index is 0.213. The van der Waals surface area contributed by atoms with Gasteiger partial charge in [0, 0.05) is 18.0 Å². The van der Waals surface area contributed by atoms with Crippen LogP contribution < -0.4 is 15.5 Å². The maximum absolute atomic E-state index is 11.1. The molecule has 16 heavy (non-hydrogen) atoms. The molecule has 1 aromatic rings. The van der Waals surface area contributed by atoms with E-state index in [0.29, 0.717) is 5.57 Å². The molecule has 0 saturated carbocycles. The molecule has 0 atom stereocenters. The van der Waals surface area contributed by atoms with Crippen LogP contribution in [0.15, 0.2) is 41.1 Å². The number of amides is 1. The van der Waals surface area contributed by atoms with Gasteiger partial charge in [-0.25, -0.2) is 5.43 Å². The molecule has 0 aromatic heterocycles. The predicted molar refractivity (Wildman–Crippen MR) is 61.3 cm³/mol. The lowest BCUT2D eigenvalue weighted by Gasteiger charge is -2.03. The average molecular weight is 217 g/mol. The Hall–Kier alpha value is -2.30.